The minimum atomic E-state index is -4.62. The molecular formula is C17H11ClF3N3OS. The van der Waals surface area contributed by atoms with Crippen LogP contribution in [-0.4, -0.2) is 21.6 Å². The van der Waals surface area contributed by atoms with E-state index in [-0.39, 0.29) is 16.6 Å². The number of fused-ring (bicyclic) bond motifs is 1. The predicted molar refractivity (Wildman–Crippen MR) is 95.3 cm³/mol. The second kappa shape index (κ2) is 7.51. The molecule has 0 saturated carbocycles. The zero-order valence-electron chi connectivity index (χ0n) is 13.0. The summed E-state index contributed by atoms with van der Waals surface area (Å²) in [6, 6.07) is 11.1. The molecule has 26 heavy (non-hydrogen) atoms. The van der Waals surface area contributed by atoms with Gasteiger partial charge < -0.3 is 5.32 Å². The SMILES string of the molecule is O=C(CSc1cccc2cccnc12)Nc1nc(C(F)(F)F)ccc1Cl. The molecule has 0 saturated heterocycles. The summed E-state index contributed by atoms with van der Waals surface area (Å²) >= 11 is 7.05. The molecule has 4 nitrogen and oxygen atoms in total. The summed E-state index contributed by atoms with van der Waals surface area (Å²) in [6.45, 7) is 0. The second-order valence-corrected chi connectivity index (χ2v) is 6.62. The van der Waals surface area contributed by atoms with Crippen molar-refractivity contribution >= 4 is 46.0 Å². The maximum Gasteiger partial charge on any atom is 0.433 e. The Morgan fingerprint density at radius 1 is 1.15 bits per heavy atom. The van der Waals surface area contributed by atoms with E-state index in [9.17, 15) is 18.0 Å². The molecule has 0 atom stereocenters. The van der Waals surface area contributed by atoms with Crippen molar-refractivity contribution < 1.29 is 18.0 Å². The number of hydrogen-bond donors (Lipinski definition) is 1. The van der Waals surface area contributed by atoms with Gasteiger partial charge in [0.15, 0.2) is 5.82 Å². The molecule has 3 rings (SSSR count). The highest BCUT2D eigenvalue weighted by Gasteiger charge is 2.33. The predicted octanol–water partition coefficient (Wildman–Crippen LogP) is 5.03. The molecule has 9 heteroatoms. The molecule has 0 bridgehead atoms. The van der Waals surface area contributed by atoms with Crippen molar-refractivity contribution in [2.45, 2.75) is 11.1 Å². The summed E-state index contributed by atoms with van der Waals surface area (Å²) in [4.78, 5) is 20.6. The molecule has 0 fully saturated rings. The smallest absolute Gasteiger partial charge is 0.309 e. The fourth-order valence-electron chi connectivity index (χ4n) is 2.19. The van der Waals surface area contributed by atoms with Gasteiger partial charge in [0.2, 0.25) is 5.91 Å². The Morgan fingerprint density at radius 3 is 2.69 bits per heavy atom. The van der Waals surface area contributed by atoms with Crippen molar-refractivity contribution in [1.82, 2.24) is 9.97 Å². The number of hydrogen-bond acceptors (Lipinski definition) is 4. The lowest BCUT2D eigenvalue weighted by molar-refractivity contribution is -0.141. The van der Waals surface area contributed by atoms with Crippen LogP contribution in [0.5, 0.6) is 0 Å². The molecule has 134 valence electrons. The molecule has 2 heterocycles. The molecule has 0 radical (unpaired) electrons. The van der Waals surface area contributed by atoms with Crippen LogP contribution < -0.4 is 5.32 Å². The van der Waals surface area contributed by atoms with Gasteiger partial charge in [0, 0.05) is 16.5 Å². The number of pyridine rings is 2. The summed E-state index contributed by atoms with van der Waals surface area (Å²) < 4.78 is 38.2. The number of thioether (sulfide) groups is 1. The zero-order valence-corrected chi connectivity index (χ0v) is 14.6. The third-order valence-electron chi connectivity index (χ3n) is 3.35. The largest absolute Gasteiger partial charge is 0.433 e. The van der Waals surface area contributed by atoms with Crippen molar-refractivity contribution in [2.24, 2.45) is 0 Å². The molecule has 0 aliphatic heterocycles. The highest BCUT2D eigenvalue weighted by molar-refractivity contribution is 8.00. The van der Waals surface area contributed by atoms with E-state index in [1.165, 1.54) is 11.8 Å². The standard InChI is InChI=1S/C17H11ClF3N3OS/c18-11-6-7-13(17(19,20)21)23-16(11)24-14(25)9-26-12-5-1-3-10-4-2-8-22-15(10)12/h1-8H,9H2,(H,23,24,25). The van der Waals surface area contributed by atoms with Crippen LogP contribution in [0.4, 0.5) is 19.0 Å². The van der Waals surface area contributed by atoms with E-state index >= 15 is 0 Å². The number of aromatic nitrogens is 2. The van der Waals surface area contributed by atoms with Gasteiger partial charge in [0.05, 0.1) is 16.3 Å². The van der Waals surface area contributed by atoms with Crippen LogP contribution >= 0.6 is 23.4 Å². The summed E-state index contributed by atoms with van der Waals surface area (Å²) in [5, 5.41) is 3.18. The van der Waals surface area contributed by atoms with Crippen LogP contribution in [0.3, 0.4) is 0 Å². The molecule has 0 unspecified atom stereocenters. The number of anilines is 1. The quantitative estimate of drug-likeness (QED) is 0.627. The zero-order chi connectivity index (χ0) is 18.7. The fraction of sp³-hybridized carbons (Fsp3) is 0.118. The Balaban J connectivity index is 1.71. The van der Waals surface area contributed by atoms with Gasteiger partial charge in [-0.05, 0) is 24.3 Å². The maximum absolute atomic E-state index is 12.7. The van der Waals surface area contributed by atoms with Gasteiger partial charge in [-0.15, -0.1) is 11.8 Å². The lowest BCUT2D eigenvalue weighted by atomic mass is 10.2. The van der Waals surface area contributed by atoms with Crippen LogP contribution in [0.15, 0.2) is 53.6 Å². The Kier molecular flexibility index (Phi) is 5.33. The number of alkyl halides is 3. The Labute approximate surface area is 155 Å². The monoisotopic (exact) mass is 397 g/mol. The number of nitrogens with zero attached hydrogens (tertiary/aromatic N) is 2. The summed E-state index contributed by atoms with van der Waals surface area (Å²) in [6.07, 6.45) is -2.97. The van der Waals surface area contributed by atoms with Gasteiger partial charge in [-0.2, -0.15) is 13.2 Å². The normalized spacial score (nSPS) is 11.5. The van der Waals surface area contributed by atoms with Crippen molar-refractivity contribution in [3.8, 4) is 0 Å². The minimum absolute atomic E-state index is 0.0239. The highest BCUT2D eigenvalue weighted by atomic mass is 35.5. The average molecular weight is 398 g/mol. The van der Waals surface area contributed by atoms with Gasteiger partial charge in [-0.25, -0.2) is 4.98 Å². The van der Waals surface area contributed by atoms with Crippen molar-refractivity contribution in [2.75, 3.05) is 11.1 Å². The lowest BCUT2D eigenvalue weighted by Gasteiger charge is -2.10. The first-order chi connectivity index (χ1) is 12.3. The van der Waals surface area contributed by atoms with Crippen LogP contribution in [0.25, 0.3) is 10.9 Å². The number of benzene rings is 1. The summed E-state index contributed by atoms with van der Waals surface area (Å²) in [5.74, 6) is -0.857. The third kappa shape index (κ3) is 4.25. The number of para-hydroxylation sites is 1. The van der Waals surface area contributed by atoms with E-state index in [1.54, 1.807) is 6.20 Å². The topological polar surface area (TPSA) is 54.9 Å². The fourth-order valence-corrected chi connectivity index (χ4v) is 3.19. The van der Waals surface area contributed by atoms with E-state index in [4.69, 9.17) is 11.6 Å². The van der Waals surface area contributed by atoms with Crippen LogP contribution in [-0.2, 0) is 11.0 Å². The second-order valence-electron chi connectivity index (χ2n) is 5.19. The molecule has 1 amide bonds. The van der Waals surface area contributed by atoms with Gasteiger partial charge in [-0.3, -0.25) is 9.78 Å². The van der Waals surface area contributed by atoms with E-state index < -0.39 is 17.8 Å². The van der Waals surface area contributed by atoms with Crippen molar-refractivity contribution in [3.63, 3.8) is 0 Å². The minimum Gasteiger partial charge on any atom is -0.309 e. The van der Waals surface area contributed by atoms with E-state index in [1.807, 2.05) is 30.3 Å². The van der Waals surface area contributed by atoms with E-state index in [0.717, 1.165) is 27.9 Å². The van der Waals surface area contributed by atoms with Crippen molar-refractivity contribution in [1.29, 1.82) is 0 Å². The Hall–Kier alpha value is -2.32. The van der Waals surface area contributed by atoms with E-state index in [2.05, 4.69) is 15.3 Å². The van der Waals surface area contributed by atoms with Crippen LogP contribution in [0.2, 0.25) is 5.02 Å². The Morgan fingerprint density at radius 2 is 1.92 bits per heavy atom. The number of nitrogens with one attached hydrogen (secondary N) is 1. The number of rotatable bonds is 4. The number of carbonyl (C=O) groups excluding carboxylic acids is 1. The molecule has 3 aromatic rings. The van der Waals surface area contributed by atoms with Crippen LogP contribution in [0.1, 0.15) is 5.69 Å². The lowest BCUT2D eigenvalue weighted by Crippen LogP contribution is -2.17. The molecule has 0 aliphatic carbocycles. The summed E-state index contributed by atoms with van der Waals surface area (Å²) in [7, 11) is 0. The molecule has 0 spiro atoms. The van der Waals surface area contributed by atoms with Crippen molar-refractivity contribution in [3.05, 3.63) is 59.4 Å². The van der Waals surface area contributed by atoms with Gasteiger partial charge in [0.1, 0.15) is 5.69 Å². The maximum atomic E-state index is 12.7. The van der Waals surface area contributed by atoms with Gasteiger partial charge in [0.25, 0.3) is 0 Å². The van der Waals surface area contributed by atoms with Gasteiger partial charge >= 0.3 is 6.18 Å². The first-order valence-electron chi connectivity index (χ1n) is 7.35. The van der Waals surface area contributed by atoms with E-state index in [0.29, 0.717) is 0 Å². The number of amides is 1. The van der Waals surface area contributed by atoms with Gasteiger partial charge in [-0.1, -0.05) is 29.8 Å². The summed E-state index contributed by atoms with van der Waals surface area (Å²) in [5.41, 5.74) is -0.369. The number of halogens is 4. The molecule has 1 aromatic carbocycles. The average Bonchev–Trinajstić information content (AvgIpc) is 2.61. The van der Waals surface area contributed by atoms with Crippen LogP contribution in [0, 0.1) is 0 Å². The first-order valence-corrected chi connectivity index (χ1v) is 8.71. The third-order valence-corrected chi connectivity index (χ3v) is 4.70. The highest BCUT2D eigenvalue weighted by Crippen LogP contribution is 2.31. The molecule has 1 N–H and O–H groups in total. The number of carbonyl (C=O) groups is 1. The Bertz CT molecular complexity index is 960. The molecule has 2 aromatic heterocycles. The molecule has 0 aliphatic rings. The first kappa shape index (κ1) is 18.5. The molecular weight excluding hydrogens is 387 g/mol.